The molecule has 1 aromatic rings. The van der Waals surface area contributed by atoms with Crippen LogP contribution in [0, 0.1) is 5.41 Å². The van der Waals surface area contributed by atoms with Crippen LogP contribution in [0.5, 0.6) is 0 Å². The first-order chi connectivity index (χ1) is 8.15. The average Bonchev–Trinajstić information content (AvgIpc) is 2.67. The maximum Gasteiger partial charge on any atom is 0.319 e. The SMILES string of the molecule is O=C(O)C1(C(=O)NCCc2ccc[nH]2)CCC1. The second-order valence-corrected chi connectivity index (χ2v) is 4.44. The molecule has 1 aliphatic rings. The highest BCUT2D eigenvalue weighted by molar-refractivity contribution is 6.02. The Hall–Kier alpha value is -1.78. The van der Waals surface area contributed by atoms with Crippen LogP contribution in [0.2, 0.25) is 0 Å². The van der Waals surface area contributed by atoms with Crippen molar-refractivity contribution >= 4 is 11.9 Å². The number of nitrogens with one attached hydrogen (secondary N) is 2. The predicted molar refractivity (Wildman–Crippen MR) is 61.4 cm³/mol. The van der Waals surface area contributed by atoms with E-state index < -0.39 is 11.4 Å². The van der Waals surface area contributed by atoms with Gasteiger partial charge in [-0.2, -0.15) is 0 Å². The summed E-state index contributed by atoms with van der Waals surface area (Å²) in [5, 5.41) is 11.8. The van der Waals surface area contributed by atoms with Crippen molar-refractivity contribution in [2.45, 2.75) is 25.7 Å². The van der Waals surface area contributed by atoms with Crippen LogP contribution in [0.3, 0.4) is 0 Å². The largest absolute Gasteiger partial charge is 0.480 e. The molecule has 3 N–H and O–H groups in total. The van der Waals surface area contributed by atoms with Gasteiger partial charge in [-0.15, -0.1) is 0 Å². The summed E-state index contributed by atoms with van der Waals surface area (Å²) in [7, 11) is 0. The minimum absolute atomic E-state index is 0.345. The highest BCUT2D eigenvalue weighted by Crippen LogP contribution is 2.41. The molecule has 0 radical (unpaired) electrons. The Labute approximate surface area is 99.2 Å². The van der Waals surface area contributed by atoms with E-state index in [1.165, 1.54) is 0 Å². The van der Waals surface area contributed by atoms with Gasteiger partial charge < -0.3 is 15.4 Å². The molecule has 1 aromatic heterocycles. The van der Waals surface area contributed by atoms with Crippen LogP contribution >= 0.6 is 0 Å². The molecule has 2 rings (SSSR count). The molecule has 1 fully saturated rings. The van der Waals surface area contributed by atoms with Gasteiger partial charge in [0, 0.05) is 24.9 Å². The minimum atomic E-state index is -1.16. The smallest absolute Gasteiger partial charge is 0.319 e. The summed E-state index contributed by atoms with van der Waals surface area (Å²) in [6.45, 7) is 0.467. The zero-order valence-electron chi connectivity index (χ0n) is 9.53. The summed E-state index contributed by atoms with van der Waals surface area (Å²) in [6.07, 6.45) is 4.24. The Morgan fingerprint density at radius 2 is 2.24 bits per heavy atom. The van der Waals surface area contributed by atoms with E-state index in [4.69, 9.17) is 5.11 Å². The third kappa shape index (κ3) is 2.18. The topological polar surface area (TPSA) is 82.2 Å². The van der Waals surface area contributed by atoms with Crippen LogP contribution in [-0.4, -0.2) is 28.5 Å². The van der Waals surface area contributed by atoms with Crippen molar-refractivity contribution in [2.24, 2.45) is 5.41 Å². The Bertz CT molecular complexity index is 407. The molecule has 1 aliphatic carbocycles. The number of hydrogen-bond acceptors (Lipinski definition) is 2. The number of hydrogen-bond donors (Lipinski definition) is 3. The van der Waals surface area contributed by atoms with Crippen molar-refractivity contribution in [3.8, 4) is 0 Å². The lowest BCUT2D eigenvalue weighted by atomic mass is 9.68. The Kier molecular flexibility index (Phi) is 3.17. The number of aromatic amines is 1. The Morgan fingerprint density at radius 3 is 2.71 bits per heavy atom. The number of aliphatic carboxylic acids is 1. The van der Waals surface area contributed by atoms with Gasteiger partial charge in [0.2, 0.25) is 5.91 Å². The second-order valence-electron chi connectivity index (χ2n) is 4.44. The van der Waals surface area contributed by atoms with Gasteiger partial charge in [-0.3, -0.25) is 9.59 Å². The standard InChI is InChI=1S/C12H16N2O3/c15-10(12(11(16)17)5-2-6-12)14-8-4-9-3-1-7-13-9/h1,3,7,13H,2,4-6,8H2,(H,14,15)(H,16,17). The zero-order chi connectivity index (χ0) is 12.3. The molecule has 0 unspecified atom stereocenters. The van der Waals surface area contributed by atoms with Gasteiger partial charge in [-0.1, -0.05) is 6.42 Å². The van der Waals surface area contributed by atoms with E-state index in [0.717, 1.165) is 12.1 Å². The fourth-order valence-corrected chi connectivity index (χ4v) is 2.07. The van der Waals surface area contributed by atoms with E-state index in [2.05, 4.69) is 10.3 Å². The quantitative estimate of drug-likeness (QED) is 0.665. The van der Waals surface area contributed by atoms with E-state index in [1.807, 2.05) is 18.3 Å². The fraction of sp³-hybridized carbons (Fsp3) is 0.500. The number of carbonyl (C=O) groups is 2. The molecule has 0 bridgehead atoms. The summed E-state index contributed by atoms with van der Waals surface area (Å²) in [6, 6.07) is 3.82. The number of aromatic nitrogens is 1. The lowest BCUT2D eigenvalue weighted by Gasteiger charge is -2.35. The predicted octanol–water partition coefficient (Wildman–Crippen LogP) is 0.928. The molecule has 0 saturated heterocycles. The van der Waals surface area contributed by atoms with E-state index >= 15 is 0 Å². The Morgan fingerprint density at radius 1 is 1.47 bits per heavy atom. The van der Waals surface area contributed by atoms with Crippen molar-refractivity contribution in [1.29, 1.82) is 0 Å². The average molecular weight is 236 g/mol. The fourth-order valence-electron chi connectivity index (χ4n) is 2.07. The van der Waals surface area contributed by atoms with Gasteiger partial charge in [-0.05, 0) is 25.0 Å². The molecule has 5 heteroatoms. The molecule has 5 nitrogen and oxygen atoms in total. The molecule has 0 spiro atoms. The highest BCUT2D eigenvalue weighted by Gasteiger charge is 2.50. The van der Waals surface area contributed by atoms with Crippen LogP contribution in [0.1, 0.15) is 25.0 Å². The van der Waals surface area contributed by atoms with Crippen LogP contribution in [-0.2, 0) is 16.0 Å². The lowest BCUT2D eigenvalue weighted by Crippen LogP contribution is -2.51. The van der Waals surface area contributed by atoms with E-state index in [0.29, 0.717) is 25.8 Å². The number of carboxylic acids is 1. The van der Waals surface area contributed by atoms with Crippen molar-refractivity contribution in [2.75, 3.05) is 6.54 Å². The van der Waals surface area contributed by atoms with Crippen molar-refractivity contribution in [3.05, 3.63) is 24.0 Å². The molecular weight excluding hydrogens is 220 g/mol. The number of carbonyl (C=O) groups excluding carboxylic acids is 1. The molecule has 1 amide bonds. The summed E-state index contributed by atoms with van der Waals surface area (Å²) >= 11 is 0. The number of rotatable bonds is 5. The minimum Gasteiger partial charge on any atom is -0.480 e. The highest BCUT2D eigenvalue weighted by atomic mass is 16.4. The maximum absolute atomic E-state index is 11.8. The number of amides is 1. The molecule has 0 aliphatic heterocycles. The molecule has 0 aromatic carbocycles. The molecule has 1 saturated carbocycles. The molecule has 0 atom stereocenters. The molecular formula is C12H16N2O3. The van der Waals surface area contributed by atoms with Crippen molar-refractivity contribution in [3.63, 3.8) is 0 Å². The van der Waals surface area contributed by atoms with Gasteiger partial charge >= 0.3 is 5.97 Å². The normalized spacial score (nSPS) is 17.2. The summed E-state index contributed by atoms with van der Waals surface area (Å²) < 4.78 is 0. The maximum atomic E-state index is 11.8. The first-order valence-electron chi connectivity index (χ1n) is 5.79. The van der Waals surface area contributed by atoms with Crippen LogP contribution < -0.4 is 5.32 Å². The van der Waals surface area contributed by atoms with Crippen LogP contribution in [0.15, 0.2) is 18.3 Å². The van der Waals surface area contributed by atoms with Gasteiger partial charge in [0.15, 0.2) is 0 Å². The summed E-state index contributed by atoms with van der Waals surface area (Å²) in [5.41, 5.74) is -0.126. The first-order valence-corrected chi connectivity index (χ1v) is 5.79. The summed E-state index contributed by atoms with van der Waals surface area (Å²) in [5.74, 6) is -1.34. The lowest BCUT2D eigenvalue weighted by molar-refractivity contribution is -0.162. The number of carboxylic acid groups (broad SMARTS) is 1. The van der Waals surface area contributed by atoms with E-state index in [-0.39, 0.29) is 5.91 Å². The molecule has 17 heavy (non-hydrogen) atoms. The van der Waals surface area contributed by atoms with Crippen LogP contribution in [0.4, 0.5) is 0 Å². The third-order valence-corrected chi connectivity index (χ3v) is 3.39. The van der Waals surface area contributed by atoms with Crippen molar-refractivity contribution in [1.82, 2.24) is 10.3 Å². The third-order valence-electron chi connectivity index (χ3n) is 3.39. The van der Waals surface area contributed by atoms with Gasteiger partial charge in [-0.25, -0.2) is 0 Å². The monoisotopic (exact) mass is 236 g/mol. The number of H-pyrrole nitrogens is 1. The van der Waals surface area contributed by atoms with Gasteiger partial charge in [0.1, 0.15) is 5.41 Å². The Balaban J connectivity index is 1.83. The van der Waals surface area contributed by atoms with E-state index in [9.17, 15) is 9.59 Å². The van der Waals surface area contributed by atoms with Crippen LogP contribution in [0.25, 0.3) is 0 Å². The first kappa shape index (κ1) is 11.7. The van der Waals surface area contributed by atoms with E-state index in [1.54, 1.807) is 0 Å². The molecule has 1 heterocycles. The molecule has 92 valence electrons. The second kappa shape index (κ2) is 4.61. The van der Waals surface area contributed by atoms with Gasteiger partial charge in [0.25, 0.3) is 0 Å². The van der Waals surface area contributed by atoms with Crippen molar-refractivity contribution < 1.29 is 14.7 Å². The summed E-state index contributed by atoms with van der Waals surface area (Å²) in [4.78, 5) is 25.9. The van der Waals surface area contributed by atoms with Gasteiger partial charge in [0.05, 0.1) is 0 Å². The zero-order valence-corrected chi connectivity index (χ0v) is 9.53.